The van der Waals surface area contributed by atoms with E-state index in [1.54, 1.807) is 7.05 Å². The maximum Gasteiger partial charge on any atom is 0.279 e. The Hall–Kier alpha value is 0.120. The molecule has 0 spiro atoms. The highest BCUT2D eigenvalue weighted by molar-refractivity contribution is 7.87. The third kappa shape index (κ3) is 4.37. The normalized spacial score (nSPS) is 25.3. The molecule has 0 saturated heterocycles. The van der Waals surface area contributed by atoms with Crippen molar-refractivity contribution in [2.45, 2.75) is 45.2 Å². The van der Waals surface area contributed by atoms with Crippen LogP contribution < -0.4 is 10.5 Å². The van der Waals surface area contributed by atoms with E-state index in [0.29, 0.717) is 6.54 Å². The summed E-state index contributed by atoms with van der Waals surface area (Å²) in [5, 5.41) is 0. The molecule has 1 aliphatic carbocycles. The fourth-order valence-corrected chi connectivity index (χ4v) is 3.44. The van der Waals surface area contributed by atoms with E-state index < -0.39 is 10.2 Å². The van der Waals surface area contributed by atoms with Gasteiger partial charge in [0.15, 0.2) is 0 Å². The topological polar surface area (TPSA) is 75.4 Å². The van der Waals surface area contributed by atoms with Crippen LogP contribution in [0, 0.1) is 5.92 Å². The van der Waals surface area contributed by atoms with E-state index in [2.05, 4.69) is 4.72 Å². The Kier molecular flexibility index (Phi) is 6.94. The molecule has 0 radical (unpaired) electrons. The summed E-state index contributed by atoms with van der Waals surface area (Å²) in [6, 6.07) is -0.0218. The largest absolute Gasteiger partial charge is 0.330 e. The first-order valence-corrected chi connectivity index (χ1v) is 7.28. The van der Waals surface area contributed by atoms with Crippen LogP contribution >= 0.6 is 12.4 Å². The van der Waals surface area contributed by atoms with E-state index in [0.717, 1.165) is 19.3 Å². The van der Waals surface area contributed by atoms with Crippen molar-refractivity contribution in [2.24, 2.45) is 11.7 Å². The Bertz CT molecular complexity index is 322. The van der Waals surface area contributed by atoms with Gasteiger partial charge in [-0.1, -0.05) is 6.42 Å². The standard InChI is InChI=1S/C10H23N3O2S.ClH/c1-8(2)13(3)16(14,15)12-10-6-4-5-9(10)7-11;/h8-10,12H,4-7,11H2,1-3H3;1H. The van der Waals surface area contributed by atoms with Crippen molar-refractivity contribution in [3.8, 4) is 0 Å². The summed E-state index contributed by atoms with van der Waals surface area (Å²) < 4.78 is 28.0. The van der Waals surface area contributed by atoms with Gasteiger partial charge in [0.1, 0.15) is 0 Å². The van der Waals surface area contributed by atoms with Gasteiger partial charge in [0.05, 0.1) is 0 Å². The lowest BCUT2D eigenvalue weighted by molar-refractivity contribution is 0.382. The molecule has 1 aliphatic rings. The van der Waals surface area contributed by atoms with E-state index in [1.807, 2.05) is 13.8 Å². The summed E-state index contributed by atoms with van der Waals surface area (Å²) in [5.74, 6) is 0.287. The van der Waals surface area contributed by atoms with Crippen LogP contribution in [0.4, 0.5) is 0 Å². The quantitative estimate of drug-likeness (QED) is 0.781. The first-order valence-electron chi connectivity index (χ1n) is 5.84. The summed E-state index contributed by atoms with van der Waals surface area (Å²) in [6.07, 6.45) is 2.97. The Labute approximate surface area is 111 Å². The molecule has 0 aromatic carbocycles. The lowest BCUT2D eigenvalue weighted by Crippen LogP contribution is -2.48. The van der Waals surface area contributed by atoms with Crippen molar-refractivity contribution in [3.05, 3.63) is 0 Å². The molecule has 0 amide bonds. The lowest BCUT2D eigenvalue weighted by Gasteiger charge is -2.26. The fraction of sp³-hybridized carbons (Fsp3) is 1.00. The van der Waals surface area contributed by atoms with Gasteiger partial charge in [0.25, 0.3) is 10.2 Å². The molecule has 2 atom stereocenters. The van der Waals surface area contributed by atoms with Gasteiger partial charge in [0, 0.05) is 19.1 Å². The van der Waals surface area contributed by atoms with Crippen LogP contribution in [0.15, 0.2) is 0 Å². The van der Waals surface area contributed by atoms with Crippen LogP contribution in [0.3, 0.4) is 0 Å². The van der Waals surface area contributed by atoms with Gasteiger partial charge in [-0.2, -0.15) is 17.4 Å². The minimum Gasteiger partial charge on any atom is -0.330 e. The SMILES string of the molecule is CC(C)N(C)S(=O)(=O)NC1CCCC1CN.Cl. The molecular weight excluding hydrogens is 262 g/mol. The predicted octanol–water partition coefficient (Wildman–Crippen LogP) is 0.710. The second-order valence-corrected chi connectivity index (χ2v) is 6.53. The van der Waals surface area contributed by atoms with Crippen LogP contribution in [-0.2, 0) is 10.2 Å². The number of rotatable bonds is 5. The van der Waals surface area contributed by atoms with Crippen LogP contribution in [0.25, 0.3) is 0 Å². The molecule has 0 heterocycles. The molecular formula is C10H24ClN3O2S. The first-order chi connectivity index (χ1) is 7.38. The molecule has 1 fully saturated rings. The van der Waals surface area contributed by atoms with Crippen LogP contribution in [0.1, 0.15) is 33.1 Å². The second-order valence-electron chi connectivity index (χ2n) is 4.77. The summed E-state index contributed by atoms with van der Waals surface area (Å²) in [4.78, 5) is 0. The highest BCUT2D eigenvalue weighted by Crippen LogP contribution is 2.25. The molecule has 1 saturated carbocycles. The number of nitrogens with zero attached hydrogens (tertiary/aromatic N) is 1. The molecule has 17 heavy (non-hydrogen) atoms. The van der Waals surface area contributed by atoms with Crippen molar-refractivity contribution in [1.29, 1.82) is 0 Å². The third-order valence-corrected chi connectivity index (χ3v) is 5.15. The molecule has 3 N–H and O–H groups in total. The summed E-state index contributed by atoms with van der Waals surface area (Å²) in [5.41, 5.74) is 5.63. The predicted molar refractivity (Wildman–Crippen MR) is 72.4 cm³/mol. The second kappa shape index (κ2) is 6.89. The zero-order valence-electron chi connectivity index (χ0n) is 10.7. The average molecular weight is 286 g/mol. The first kappa shape index (κ1) is 17.1. The number of nitrogens with one attached hydrogen (secondary N) is 1. The minimum atomic E-state index is -3.36. The highest BCUT2D eigenvalue weighted by atomic mass is 35.5. The molecule has 1 rings (SSSR count). The van der Waals surface area contributed by atoms with Crippen molar-refractivity contribution < 1.29 is 8.42 Å². The Morgan fingerprint density at radius 2 is 2.00 bits per heavy atom. The molecule has 104 valence electrons. The summed E-state index contributed by atoms with van der Waals surface area (Å²) in [6.45, 7) is 4.27. The molecule has 7 heteroatoms. The van der Waals surface area contributed by atoms with Crippen LogP contribution in [0.2, 0.25) is 0 Å². The average Bonchev–Trinajstić information content (AvgIpc) is 2.63. The van der Waals surface area contributed by atoms with E-state index in [-0.39, 0.29) is 30.4 Å². The number of nitrogens with two attached hydrogens (primary N) is 1. The van der Waals surface area contributed by atoms with E-state index in [9.17, 15) is 8.42 Å². The monoisotopic (exact) mass is 285 g/mol. The summed E-state index contributed by atoms with van der Waals surface area (Å²) in [7, 11) is -1.76. The van der Waals surface area contributed by atoms with Crippen molar-refractivity contribution in [3.63, 3.8) is 0 Å². The number of hydrogen-bond acceptors (Lipinski definition) is 3. The van der Waals surface area contributed by atoms with E-state index in [1.165, 1.54) is 4.31 Å². The van der Waals surface area contributed by atoms with Gasteiger partial charge in [-0.05, 0) is 39.2 Å². The Balaban J connectivity index is 0.00000256. The summed E-state index contributed by atoms with van der Waals surface area (Å²) >= 11 is 0. The third-order valence-electron chi connectivity index (χ3n) is 3.37. The van der Waals surface area contributed by atoms with Gasteiger partial charge in [-0.25, -0.2) is 0 Å². The van der Waals surface area contributed by atoms with Crippen molar-refractivity contribution >= 4 is 22.6 Å². The van der Waals surface area contributed by atoms with E-state index in [4.69, 9.17) is 5.73 Å². The molecule has 0 aromatic rings. The Morgan fingerprint density at radius 3 is 2.47 bits per heavy atom. The number of halogens is 1. The van der Waals surface area contributed by atoms with Gasteiger partial charge in [-0.15, -0.1) is 12.4 Å². The zero-order chi connectivity index (χ0) is 12.3. The Morgan fingerprint density at radius 1 is 1.41 bits per heavy atom. The molecule has 0 aromatic heterocycles. The van der Waals surface area contributed by atoms with Crippen LogP contribution in [0.5, 0.6) is 0 Å². The molecule has 5 nitrogen and oxygen atoms in total. The van der Waals surface area contributed by atoms with Crippen molar-refractivity contribution in [1.82, 2.24) is 9.03 Å². The van der Waals surface area contributed by atoms with Gasteiger partial charge < -0.3 is 5.73 Å². The fourth-order valence-electron chi connectivity index (χ4n) is 2.03. The van der Waals surface area contributed by atoms with Crippen LogP contribution in [-0.4, -0.2) is 38.4 Å². The van der Waals surface area contributed by atoms with Gasteiger partial charge >= 0.3 is 0 Å². The smallest absolute Gasteiger partial charge is 0.279 e. The maximum atomic E-state index is 12.0. The zero-order valence-corrected chi connectivity index (χ0v) is 12.4. The minimum absolute atomic E-state index is 0. The van der Waals surface area contributed by atoms with Gasteiger partial charge in [-0.3, -0.25) is 0 Å². The van der Waals surface area contributed by atoms with Gasteiger partial charge in [0.2, 0.25) is 0 Å². The molecule has 0 bridgehead atoms. The highest BCUT2D eigenvalue weighted by Gasteiger charge is 2.31. The molecule has 2 unspecified atom stereocenters. The number of hydrogen-bond donors (Lipinski definition) is 2. The van der Waals surface area contributed by atoms with E-state index >= 15 is 0 Å². The molecule has 0 aliphatic heterocycles. The maximum absolute atomic E-state index is 12.0. The van der Waals surface area contributed by atoms with Crippen molar-refractivity contribution in [2.75, 3.05) is 13.6 Å². The lowest BCUT2D eigenvalue weighted by atomic mass is 10.1.